The molecule has 0 spiro atoms. The second kappa shape index (κ2) is 9.02. The lowest BCUT2D eigenvalue weighted by atomic mass is 10.1. The summed E-state index contributed by atoms with van der Waals surface area (Å²) in [4.78, 5) is 0. The molecule has 1 N–H and O–H groups in total. The SMILES string of the molecule is Fc1c(F)c(C(F)(F)F)c(F)c(F)c1N/N=C\c1cn(Cc2ccccc2Cl)c2ccccc12. The zero-order valence-electron chi connectivity index (χ0n) is 16.9. The van der Waals surface area contributed by atoms with Gasteiger partial charge in [-0.25, -0.2) is 17.6 Å². The summed E-state index contributed by atoms with van der Waals surface area (Å²) in [6.45, 7) is 0.389. The van der Waals surface area contributed by atoms with Gasteiger partial charge in [0.15, 0.2) is 23.3 Å². The lowest BCUT2D eigenvalue weighted by Gasteiger charge is -2.13. The molecule has 0 saturated carbocycles. The van der Waals surface area contributed by atoms with Crippen molar-refractivity contribution in [2.75, 3.05) is 5.43 Å². The van der Waals surface area contributed by atoms with Crippen LogP contribution in [-0.4, -0.2) is 10.8 Å². The molecule has 0 aliphatic heterocycles. The molecule has 0 bridgehead atoms. The van der Waals surface area contributed by atoms with Crippen LogP contribution in [0.3, 0.4) is 0 Å². The number of hydrogen-bond acceptors (Lipinski definition) is 2. The van der Waals surface area contributed by atoms with Crippen LogP contribution in [0.4, 0.5) is 36.4 Å². The number of hydrazone groups is 1. The topological polar surface area (TPSA) is 29.3 Å². The second-order valence-electron chi connectivity index (χ2n) is 7.19. The number of fused-ring (bicyclic) bond motifs is 1. The molecular formula is C23H13ClF7N3. The van der Waals surface area contributed by atoms with Crippen molar-refractivity contribution in [3.05, 3.63) is 99.7 Å². The molecule has 0 saturated heterocycles. The molecule has 1 heterocycles. The van der Waals surface area contributed by atoms with Crippen molar-refractivity contribution < 1.29 is 30.7 Å². The lowest BCUT2D eigenvalue weighted by Crippen LogP contribution is -2.16. The van der Waals surface area contributed by atoms with Gasteiger partial charge in [-0.3, -0.25) is 5.43 Å². The number of rotatable bonds is 5. The van der Waals surface area contributed by atoms with Crippen molar-refractivity contribution in [1.29, 1.82) is 0 Å². The minimum atomic E-state index is -5.62. The number of nitrogens with one attached hydrogen (secondary N) is 1. The third-order valence-corrected chi connectivity index (χ3v) is 5.41. The van der Waals surface area contributed by atoms with Crippen LogP contribution >= 0.6 is 11.6 Å². The maximum atomic E-state index is 14.1. The first-order valence-corrected chi connectivity index (χ1v) is 10.0. The Morgan fingerprint density at radius 2 is 1.50 bits per heavy atom. The quantitative estimate of drug-likeness (QED) is 0.132. The van der Waals surface area contributed by atoms with E-state index in [-0.39, 0.29) is 0 Å². The van der Waals surface area contributed by atoms with E-state index in [9.17, 15) is 30.7 Å². The van der Waals surface area contributed by atoms with Gasteiger partial charge in [-0.05, 0) is 17.7 Å². The highest BCUT2D eigenvalue weighted by Crippen LogP contribution is 2.38. The van der Waals surface area contributed by atoms with Gasteiger partial charge in [-0.1, -0.05) is 48.0 Å². The average Bonchev–Trinajstić information content (AvgIpc) is 3.13. The predicted molar refractivity (Wildman–Crippen MR) is 115 cm³/mol. The molecule has 0 atom stereocenters. The lowest BCUT2D eigenvalue weighted by molar-refractivity contribution is -0.143. The van der Waals surface area contributed by atoms with E-state index in [1.54, 1.807) is 42.0 Å². The molecule has 0 aliphatic carbocycles. The Morgan fingerprint density at radius 3 is 2.15 bits per heavy atom. The predicted octanol–water partition coefficient (Wildman–Crippen LogP) is 7.36. The molecule has 4 rings (SSSR count). The molecule has 0 amide bonds. The Bertz CT molecular complexity index is 1380. The molecule has 3 nitrogen and oxygen atoms in total. The number of alkyl halides is 3. The number of hydrogen-bond donors (Lipinski definition) is 1. The molecule has 34 heavy (non-hydrogen) atoms. The maximum Gasteiger partial charge on any atom is 0.422 e. The standard InChI is InChI=1S/C23H13ClF7N3/c24-15-7-3-1-5-12(15)10-34-11-13(14-6-2-4-8-16(14)34)9-32-33-22-20(27)18(25)17(23(29,30)31)19(26)21(22)28/h1-9,11,33H,10H2/b32-9-. The highest BCUT2D eigenvalue weighted by Gasteiger charge is 2.42. The van der Waals surface area contributed by atoms with Crippen LogP contribution in [-0.2, 0) is 12.7 Å². The van der Waals surface area contributed by atoms with Crippen LogP contribution in [0, 0.1) is 23.3 Å². The van der Waals surface area contributed by atoms with Gasteiger partial charge in [0.1, 0.15) is 11.3 Å². The third-order valence-electron chi connectivity index (χ3n) is 5.04. The fourth-order valence-electron chi connectivity index (χ4n) is 3.46. The summed E-state index contributed by atoms with van der Waals surface area (Å²) in [5.41, 5.74) is -0.317. The molecule has 1 aromatic heterocycles. The minimum absolute atomic E-state index is 0.389. The molecule has 3 aromatic carbocycles. The van der Waals surface area contributed by atoms with Gasteiger partial charge in [0.05, 0.1) is 6.21 Å². The third kappa shape index (κ3) is 4.33. The van der Waals surface area contributed by atoms with Crippen molar-refractivity contribution in [1.82, 2.24) is 4.57 Å². The molecule has 11 heteroatoms. The Hall–Kier alpha value is -3.53. The van der Waals surface area contributed by atoms with E-state index in [0.29, 0.717) is 22.5 Å². The van der Waals surface area contributed by atoms with Crippen molar-refractivity contribution in [2.24, 2.45) is 5.10 Å². The van der Waals surface area contributed by atoms with Crippen LogP contribution in [0.5, 0.6) is 0 Å². The normalized spacial score (nSPS) is 12.1. The van der Waals surface area contributed by atoms with Crippen LogP contribution in [0.1, 0.15) is 16.7 Å². The summed E-state index contributed by atoms with van der Waals surface area (Å²) in [7, 11) is 0. The monoisotopic (exact) mass is 499 g/mol. The first kappa shape index (κ1) is 23.6. The zero-order chi connectivity index (χ0) is 24.6. The van der Waals surface area contributed by atoms with Crippen molar-refractivity contribution in [2.45, 2.75) is 12.7 Å². The van der Waals surface area contributed by atoms with Gasteiger partial charge in [0.2, 0.25) is 0 Å². The number of para-hydroxylation sites is 1. The summed E-state index contributed by atoms with van der Waals surface area (Å²) in [5, 5.41) is 4.82. The van der Waals surface area contributed by atoms with Gasteiger partial charge >= 0.3 is 6.18 Å². The highest BCUT2D eigenvalue weighted by molar-refractivity contribution is 6.31. The van der Waals surface area contributed by atoms with Crippen LogP contribution in [0.15, 0.2) is 59.8 Å². The molecule has 176 valence electrons. The van der Waals surface area contributed by atoms with Gasteiger partial charge in [0.25, 0.3) is 0 Å². The molecule has 4 aromatic rings. The Kier molecular flexibility index (Phi) is 6.26. The second-order valence-corrected chi connectivity index (χ2v) is 7.60. The number of nitrogens with zero attached hydrogens (tertiary/aromatic N) is 2. The van der Waals surface area contributed by atoms with Gasteiger partial charge in [-0.2, -0.15) is 18.3 Å². The van der Waals surface area contributed by atoms with Crippen LogP contribution in [0.2, 0.25) is 5.02 Å². The molecular weight excluding hydrogens is 487 g/mol. The fourth-order valence-corrected chi connectivity index (χ4v) is 3.66. The van der Waals surface area contributed by atoms with Crippen LogP contribution in [0.25, 0.3) is 10.9 Å². The van der Waals surface area contributed by atoms with E-state index in [0.717, 1.165) is 17.3 Å². The number of halogens is 8. The number of anilines is 1. The van der Waals surface area contributed by atoms with E-state index in [1.807, 2.05) is 22.8 Å². The van der Waals surface area contributed by atoms with Crippen molar-refractivity contribution in [3.8, 4) is 0 Å². The van der Waals surface area contributed by atoms with E-state index < -0.39 is 40.7 Å². The fraction of sp³-hybridized carbons (Fsp3) is 0.0870. The van der Waals surface area contributed by atoms with Crippen LogP contribution < -0.4 is 5.43 Å². The zero-order valence-corrected chi connectivity index (χ0v) is 17.7. The number of benzene rings is 3. The molecule has 0 fully saturated rings. The Labute approximate surface area is 193 Å². The summed E-state index contributed by atoms with van der Waals surface area (Å²) >= 11 is 6.23. The largest absolute Gasteiger partial charge is 0.422 e. The van der Waals surface area contributed by atoms with E-state index >= 15 is 0 Å². The minimum Gasteiger partial charge on any atom is -0.342 e. The van der Waals surface area contributed by atoms with Gasteiger partial charge < -0.3 is 4.57 Å². The Morgan fingerprint density at radius 1 is 0.882 bits per heavy atom. The first-order chi connectivity index (χ1) is 16.1. The van der Waals surface area contributed by atoms with E-state index in [4.69, 9.17) is 11.6 Å². The van der Waals surface area contributed by atoms with Crippen molar-refractivity contribution in [3.63, 3.8) is 0 Å². The highest BCUT2D eigenvalue weighted by atomic mass is 35.5. The van der Waals surface area contributed by atoms with Gasteiger partial charge in [-0.15, -0.1) is 0 Å². The van der Waals surface area contributed by atoms with Gasteiger partial charge in [0, 0.05) is 34.2 Å². The summed E-state index contributed by atoms with van der Waals surface area (Å²) in [6, 6.07) is 14.3. The maximum absolute atomic E-state index is 14.1. The molecule has 0 aliphatic rings. The smallest absolute Gasteiger partial charge is 0.342 e. The summed E-state index contributed by atoms with van der Waals surface area (Å²) < 4.78 is 95.8. The summed E-state index contributed by atoms with van der Waals surface area (Å²) in [5.74, 6) is -9.63. The van der Waals surface area contributed by atoms with Crippen molar-refractivity contribution >= 4 is 34.4 Å². The average molecular weight is 500 g/mol. The van der Waals surface area contributed by atoms with E-state index in [2.05, 4.69) is 5.10 Å². The number of aromatic nitrogens is 1. The summed E-state index contributed by atoms with van der Waals surface area (Å²) in [6.07, 6.45) is -2.83. The molecule has 0 radical (unpaired) electrons. The molecule has 0 unspecified atom stereocenters. The Balaban J connectivity index is 1.68. The van der Waals surface area contributed by atoms with E-state index in [1.165, 1.54) is 0 Å². The first-order valence-electron chi connectivity index (χ1n) is 9.63.